The Bertz CT molecular complexity index is 1000. The number of piperazine rings is 1. The molecule has 2 aromatic carbocycles. The van der Waals surface area contributed by atoms with Crippen molar-refractivity contribution < 1.29 is 24.2 Å². The molecule has 2 saturated heterocycles. The molecular formula is C23H25N3O5. The first-order valence-corrected chi connectivity index (χ1v) is 10.6. The van der Waals surface area contributed by atoms with Crippen LogP contribution >= 0.6 is 0 Å². The molecule has 8 heteroatoms. The second-order valence-corrected chi connectivity index (χ2v) is 8.03. The molecule has 3 aliphatic rings. The molecule has 8 nitrogen and oxygen atoms in total. The van der Waals surface area contributed by atoms with Gasteiger partial charge in [0.1, 0.15) is 19.0 Å². The third-order valence-corrected chi connectivity index (χ3v) is 6.13. The van der Waals surface area contributed by atoms with Crippen LogP contribution in [0.15, 0.2) is 42.5 Å². The van der Waals surface area contributed by atoms with E-state index in [0.29, 0.717) is 57.4 Å². The van der Waals surface area contributed by atoms with E-state index in [1.54, 1.807) is 17.0 Å². The fraction of sp³-hybridized carbons (Fsp3) is 0.391. The highest BCUT2D eigenvalue weighted by Crippen LogP contribution is 2.36. The molecule has 0 spiro atoms. The van der Waals surface area contributed by atoms with Gasteiger partial charge in [-0.15, -0.1) is 0 Å². The van der Waals surface area contributed by atoms with Crippen LogP contribution < -0.4 is 19.3 Å². The van der Waals surface area contributed by atoms with Crippen molar-refractivity contribution in [3.8, 4) is 17.2 Å². The van der Waals surface area contributed by atoms with Crippen LogP contribution in [0.5, 0.6) is 17.2 Å². The van der Waals surface area contributed by atoms with Crippen LogP contribution in [-0.2, 0) is 9.59 Å². The molecule has 0 radical (unpaired) electrons. The number of fused-ring (bicyclic) bond motifs is 1. The largest absolute Gasteiger partial charge is 0.506 e. The summed E-state index contributed by atoms with van der Waals surface area (Å²) < 4.78 is 11.2. The van der Waals surface area contributed by atoms with Gasteiger partial charge in [-0.25, -0.2) is 0 Å². The van der Waals surface area contributed by atoms with E-state index in [9.17, 15) is 14.7 Å². The third-order valence-electron chi connectivity index (χ3n) is 6.13. The first-order chi connectivity index (χ1) is 15.1. The molecule has 3 heterocycles. The lowest BCUT2D eigenvalue weighted by Gasteiger charge is -2.37. The van der Waals surface area contributed by atoms with Gasteiger partial charge in [-0.2, -0.15) is 0 Å². The molecule has 2 amide bonds. The fourth-order valence-corrected chi connectivity index (χ4v) is 4.48. The van der Waals surface area contributed by atoms with Crippen LogP contribution in [0.4, 0.5) is 11.4 Å². The minimum atomic E-state index is -0.350. The molecule has 5 rings (SSSR count). The smallest absolute Gasteiger partial charge is 0.228 e. The van der Waals surface area contributed by atoms with E-state index in [1.807, 2.05) is 35.2 Å². The van der Waals surface area contributed by atoms with Gasteiger partial charge in [-0.3, -0.25) is 9.59 Å². The zero-order valence-electron chi connectivity index (χ0n) is 17.2. The number of phenolic OH excluding ortho intramolecular Hbond substituents is 1. The quantitative estimate of drug-likeness (QED) is 0.812. The van der Waals surface area contributed by atoms with Crippen molar-refractivity contribution in [2.24, 2.45) is 5.92 Å². The Hall–Kier alpha value is -3.42. The molecule has 1 atom stereocenters. The number of aromatic hydroxyl groups is 1. The third kappa shape index (κ3) is 3.73. The number of hydrogen-bond donors (Lipinski definition) is 1. The zero-order valence-corrected chi connectivity index (χ0v) is 17.2. The molecule has 2 aromatic rings. The lowest BCUT2D eigenvalue weighted by atomic mass is 10.1. The summed E-state index contributed by atoms with van der Waals surface area (Å²) in [4.78, 5) is 31.3. The predicted molar refractivity (Wildman–Crippen MR) is 115 cm³/mol. The summed E-state index contributed by atoms with van der Waals surface area (Å²) in [5.74, 6) is 1.17. The van der Waals surface area contributed by atoms with Gasteiger partial charge >= 0.3 is 0 Å². The first kappa shape index (κ1) is 19.5. The van der Waals surface area contributed by atoms with Gasteiger partial charge in [0, 0.05) is 50.9 Å². The van der Waals surface area contributed by atoms with Crippen LogP contribution in [0.1, 0.15) is 6.42 Å². The van der Waals surface area contributed by atoms with Crippen LogP contribution in [0.2, 0.25) is 0 Å². The summed E-state index contributed by atoms with van der Waals surface area (Å²) >= 11 is 0. The van der Waals surface area contributed by atoms with Crippen molar-refractivity contribution in [3.05, 3.63) is 42.5 Å². The lowest BCUT2D eigenvalue weighted by Crippen LogP contribution is -2.50. The number of para-hydroxylation sites is 2. The van der Waals surface area contributed by atoms with Crippen LogP contribution in [-0.4, -0.2) is 67.8 Å². The number of ether oxygens (including phenoxy) is 2. The van der Waals surface area contributed by atoms with Crippen molar-refractivity contribution in [3.63, 3.8) is 0 Å². The molecule has 0 unspecified atom stereocenters. The standard InChI is InChI=1S/C23H25N3O5/c27-19-4-2-1-3-18(19)24-7-9-25(10-8-24)23(29)16-13-22(28)26(15-16)17-5-6-20-21(14-17)31-12-11-30-20/h1-6,14,16,27H,7-13,15H2/t16-/m1/s1. The Labute approximate surface area is 180 Å². The van der Waals surface area contributed by atoms with Gasteiger partial charge in [0.2, 0.25) is 11.8 Å². The monoisotopic (exact) mass is 423 g/mol. The number of amides is 2. The number of rotatable bonds is 3. The topological polar surface area (TPSA) is 82.6 Å². The Morgan fingerprint density at radius 1 is 0.968 bits per heavy atom. The van der Waals surface area contributed by atoms with E-state index in [1.165, 1.54) is 0 Å². The number of anilines is 2. The number of carbonyl (C=O) groups is 2. The maximum atomic E-state index is 13.1. The highest BCUT2D eigenvalue weighted by atomic mass is 16.6. The van der Waals surface area contributed by atoms with E-state index in [2.05, 4.69) is 4.90 Å². The Balaban J connectivity index is 1.22. The molecule has 0 aliphatic carbocycles. The molecule has 0 saturated carbocycles. The van der Waals surface area contributed by atoms with Gasteiger partial charge in [-0.1, -0.05) is 12.1 Å². The Kier molecular flexibility index (Phi) is 5.05. The summed E-state index contributed by atoms with van der Waals surface area (Å²) in [6.07, 6.45) is 0.215. The number of hydrogen-bond acceptors (Lipinski definition) is 6. The van der Waals surface area contributed by atoms with E-state index in [4.69, 9.17) is 9.47 Å². The van der Waals surface area contributed by atoms with E-state index < -0.39 is 0 Å². The molecule has 0 aromatic heterocycles. The van der Waals surface area contributed by atoms with Gasteiger partial charge < -0.3 is 29.3 Å². The average molecular weight is 423 g/mol. The first-order valence-electron chi connectivity index (χ1n) is 10.6. The molecule has 1 N–H and O–H groups in total. The van der Waals surface area contributed by atoms with Crippen LogP contribution in [0, 0.1) is 5.92 Å². The SMILES string of the molecule is O=C([C@@H]1CC(=O)N(c2ccc3c(c2)OCCO3)C1)N1CCN(c2ccccc2O)CC1. The summed E-state index contributed by atoms with van der Waals surface area (Å²) in [6.45, 7) is 3.81. The zero-order chi connectivity index (χ0) is 21.4. The van der Waals surface area contributed by atoms with Crippen molar-refractivity contribution in [1.29, 1.82) is 0 Å². The fourth-order valence-electron chi connectivity index (χ4n) is 4.48. The summed E-state index contributed by atoms with van der Waals surface area (Å²) in [5.41, 5.74) is 1.52. The highest BCUT2D eigenvalue weighted by molar-refractivity contribution is 6.00. The average Bonchev–Trinajstić information content (AvgIpc) is 3.20. The Morgan fingerprint density at radius 3 is 2.48 bits per heavy atom. The summed E-state index contributed by atoms with van der Waals surface area (Å²) in [5, 5.41) is 10.1. The second kappa shape index (κ2) is 8.02. The van der Waals surface area contributed by atoms with Crippen molar-refractivity contribution in [1.82, 2.24) is 4.90 Å². The van der Waals surface area contributed by atoms with E-state index >= 15 is 0 Å². The molecule has 3 aliphatic heterocycles. The van der Waals surface area contributed by atoms with Gasteiger partial charge in [-0.05, 0) is 24.3 Å². The van der Waals surface area contributed by atoms with Gasteiger partial charge in [0.25, 0.3) is 0 Å². The van der Waals surface area contributed by atoms with E-state index in [-0.39, 0.29) is 29.9 Å². The maximum Gasteiger partial charge on any atom is 0.228 e. The van der Waals surface area contributed by atoms with Crippen LogP contribution in [0.3, 0.4) is 0 Å². The normalized spacial score (nSPS) is 20.8. The summed E-state index contributed by atoms with van der Waals surface area (Å²) in [7, 11) is 0. The number of benzene rings is 2. The minimum absolute atomic E-state index is 0.0188. The van der Waals surface area contributed by atoms with Crippen molar-refractivity contribution in [2.45, 2.75) is 6.42 Å². The minimum Gasteiger partial charge on any atom is -0.506 e. The second-order valence-electron chi connectivity index (χ2n) is 8.03. The van der Waals surface area contributed by atoms with Crippen molar-refractivity contribution >= 4 is 23.2 Å². The maximum absolute atomic E-state index is 13.1. The Morgan fingerprint density at radius 2 is 1.71 bits per heavy atom. The number of phenols is 1. The highest BCUT2D eigenvalue weighted by Gasteiger charge is 2.38. The molecule has 31 heavy (non-hydrogen) atoms. The van der Waals surface area contributed by atoms with E-state index in [0.717, 1.165) is 11.4 Å². The summed E-state index contributed by atoms with van der Waals surface area (Å²) in [6, 6.07) is 12.7. The van der Waals surface area contributed by atoms with Gasteiger partial charge in [0.15, 0.2) is 11.5 Å². The van der Waals surface area contributed by atoms with Crippen LogP contribution in [0.25, 0.3) is 0 Å². The lowest BCUT2D eigenvalue weighted by molar-refractivity contribution is -0.136. The number of nitrogens with zero attached hydrogens (tertiary/aromatic N) is 3. The predicted octanol–water partition coefficient (Wildman–Crippen LogP) is 1.87. The molecule has 162 valence electrons. The number of carbonyl (C=O) groups excluding carboxylic acids is 2. The molecule has 0 bridgehead atoms. The molecule has 2 fully saturated rings. The van der Waals surface area contributed by atoms with Gasteiger partial charge in [0.05, 0.1) is 11.6 Å². The molecular weight excluding hydrogens is 398 g/mol. The van der Waals surface area contributed by atoms with Crippen molar-refractivity contribution in [2.75, 3.05) is 55.7 Å².